The van der Waals surface area contributed by atoms with E-state index in [1.54, 1.807) is 6.07 Å². The second kappa shape index (κ2) is 4.18. The van der Waals surface area contributed by atoms with Crippen molar-refractivity contribution < 1.29 is 9.13 Å². The molecular weight excluding hydrogens is 255 g/mol. The number of halogens is 1. The molecule has 2 unspecified atom stereocenters. The molecule has 1 aromatic rings. The monoisotopic (exact) mass is 276 g/mol. The van der Waals surface area contributed by atoms with E-state index >= 15 is 0 Å². The van der Waals surface area contributed by atoms with Crippen molar-refractivity contribution >= 4 is 0 Å². The third-order valence-electron chi connectivity index (χ3n) is 5.01. The van der Waals surface area contributed by atoms with Gasteiger partial charge in [0.15, 0.2) is 0 Å². The average Bonchev–Trinajstić information content (AvgIpc) is 3.15. The van der Waals surface area contributed by atoms with E-state index in [1.165, 1.54) is 25.0 Å². The van der Waals surface area contributed by atoms with Gasteiger partial charge in [-0.3, -0.25) is 4.90 Å². The highest BCUT2D eigenvalue weighted by Crippen LogP contribution is 2.47. The standard InChI is InChI=1S/C16H21FN2O/c1-10-7-16(9-19(10)12-3-4-12)8-14(18)13-5-2-11(17)6-15(13)20-16/h2,5-6,10,12,14H,3-4,7-9,18H2,1H3/t10?,14-,16?/m0/s1. The smallest absolute Gasteiger partial charge is 0.127 e. The summed E-state index contributed by atoms with van der Waals surface area (Å²) >= 11 is 0. The lowest BCUT2D eigenvalue weighted by atomic mass is 9.86. The molecule has 2 heterocycles. The minimum absolute atomic E-state index is 0.0503. The van der Waals surface area contributed by atoms with Crippen molar-refractivity contribution in [1.82, 2.24) is 4.90 Å². The summed E-state index contributed by atoms with van der Waals surface area (Å²) in [6, 6.07) is 5.93. The van der Waals surface area contributed by atoms with Gasteiger partial charge >= 0.3 is 0 Å². The van der Waals surface area contributed by atoms with Crippen LogP contribution in [0.15, 0.2) is 18.2 Å². The van der Waals surface area contributed by atoms with Gasteiger partial charge in [0.1, 0.15) is 17.2 Å². The quantitative estimate of drug-likeness (QED) is 0.857. The first kappa shape index (κ1) is 12.6. The van der Waals surface area contributed by atoms with Gasteiger partial charge in [0.05, 0.1) is 0 Å². The number of ether oxygens (including phenoxy) is 1. The van der Waals surface area contributed by atoms with Crippen molar-refractivity contribution in [2.45, 2.75) is 56.3 Å². The van der Waals surface area contributed by atoms with Crippen LogP contribution in [0.4, 0.5) is 4.39 Å². The molecule has 3 aliphatic rings. The van der Waals surface area contributed by atoms with Crippen LogP contribution in [0.3, 0.4) is 0 Å². The van der Waals surface area contributed by atoms with E-state index in [4.69, 9.17) is 10.5 Å². The maximum Gasteiger partial charge on any atom is 0.127 e. The van der Waals surface area contributed by atoms with Crippen molar-refractivity contribution in [1.29, 1.82) is 0 Å². The minimum atomic E-state index is -0.252. The van der Waals surface area contributed by atoms with Crippen molar-refractivity contribution in [3.8, 4) is 5.75 Å². The first-order valence-electron chi connectivity index (χ1n) is 7.56. The van der Waals surface area contributed by atoms with E-state index in [2.05, 4.69) is 11.8 Å². The molecule has 1 spiro atoms. The van der Waals surface area contributed by atoms with Crippen LogP contribution in [-0.2, 0) is 0 Å². The molecule has 4 heteroatoms. The van der Waals surface area contributed by atoms with Gasteiger partial charge in [0, 0.05) is 49.1 Å². The first-order chi connectivity index (χ1) is 9.56. The molecule has 4 rings (SSSR count). The topological polar surface area (TPSA) is 38.5 Å². The minimum Gasteiger partial charge on any atom is -0.485 e. The molecule has 3 nitrogen and oxygen atoms in total. The molecule has 0 amide bonds. The number of hydrogen-bond donors (Lipinski definition) is 1. The molecule has 2 fully saturated rings. The number of hydrogen-bond acceptors (Lipinski definition) is 3. The van der Waals surface area contributed by atoms with Crippen LogP contribution in [0.5, 0.6) is 5.75 Å². The number of likely N-dealkylation sites (tertiary alicyclic amines) is 1. The van der Waals surface area contributed by atoms with Crippen molar-refractivity contribution in [2.24, 2.45) is 5.73 Å². The maximum atomic E-state index is 13.5. The fourth-order valence-corrected chi connectivity index (χ4v) is 4.01. The van der Waals surface area contributed by atoms with E-state index in [0.717, 1.165) is 31.0 Å². The van der Waals surface area contributed by atoms with E-state index in [-0.39, 0.29) is 17.5 Å². The van der Waals surface area contributed by atoms with Gasteiger partial charge in [-0.05, 0) is 25.8 Å². The second-order valence-corrected chi connectivity index (χ2v) is 6.73. The van der Waals surface area contributed by atoms with Gasteiger partial charge in [0.25, 0.3) is 0 Å². The Balaban J connectivity index is 1.65. The van der Waals surface area contributed by atoms with Crippen LogP contribution < -0.4 is 10.5 Å². The van der Waals surface area contributed by atoms with Crippen molar-refractivity contribution in [3.05, 3.63) is 29.6 Å². The molecule has 1 aromatic carbocycles. The third kappa shape index (κ3) is 1.93. The average molecular weight is 276 g/mol. The predicted molar refractivity (Wildman–Crippen MR) is 75.1 cm³/mol. The summed E-state index contributed by atoms with van der Waals surface area (Å²) in [5.41, 5.74) is 7.03. The van der Waals surface area contributed by atoms with E-state index in [9.17, 15) is 4.39 Å². The van der Waals surface area contributed by atoms with Gasteiger partial charge in [-0.2, -0.15) is 0 Å². The lowest BCUT2D eigenvalue weighted by molar-refractivity contribution is 0.0429. The number of nitrogens with zero attached hydrogens (tertiary/aromatic N) is 1. The Kier molecular flexibility index (Phi) is 2.63. The fraction of sp³-hybridized carbons (Fsp3) is 0.625. The Morgan fingerprint density at radius 1 is 1.35 bits per heavy atom. The SMILES string of the molecule is CC1CC2(C[C@H](N)c3ccc(F)cc3O2)CN1C1CC1. The molecule has 1 aliphatic carbocycles. The summed E-state index contributed by atoms with van der Waals surface area (Å²) in [6.07, 6.45) is 4.43. The van der Waals surface area contributed by atoms with Crippen LogP contribution in [0, 0.1) is 5.82 Å². The van der Waals surface area contributed by atoms with Gasteiger partial charge in [0.2, 0.25) is 0 Å². The van der Waals surface area contributed by atoms with E-state index in [1.807, 2.05) is 0 Å². The molecule has 20 heavy (non-hydrogen) atoms. The zero-order valence-corrected chi connectivity index (χ0v) is 11.8. The van der Waals surface area contributed by atoms with Crippen LogP contribution in [0.1, 0.15) is 44.2 Å². The highest BCUT2D eigenvalue weighted by atomic mass is 19.1. The molecule has 108 valence electrons. The Bertz CT molecular complexity index is 545. The Hall–Kier alpha value is -1.13. The summed E-state index contributed by atoms with van der Waals surface area (Å²) in [5, 5.41) is 0. The van der Waals surface area contributed by atoms with E-state index < -0.39 is 0 Å². The molecular formula is C16H21FN2O. The highest BCUT2D eigenvalue weighted by Gasteiger charge is 2.51. The summed E-state index contributed by atoms with van der Waals surface area (Å²) in [7, 11) is 0. The van der Waals surface area contributed by atoms with Gasteiger partial charge in [-0.25, -0.2) is 4.39 Å². The molecule has 0 aromatic heterocycles. The summed E-state index contributed by atoms with van der Waals surface area (Å²) in [4.78, 5) is 2.55. The van der Waals surface area contributed by atoms with Gasteiger partial charge in [-0.1, -0.05) is 6.07 Å². The predicted octanol–water partition coefficient (Wildman–Crippen LogP) is 2.60. The van der Waals surface area contributed by atoms with Crippen molar-refractivity contribution in [3.63, 3.8) is 0 Å². The number of nitrogens with two attached hydrogens (primary N) is 1. The van der Waals surface area contributed by atoms with Crippen LogP contribution in [0.2, 0.25) is 0 Å². The molecule has 3 atom stereocenters. The van der Waals surface area contributed by atoms with Crippen LogP contribution in [0.25, 0.3) is 0 Å². The fourth-order valence-electron chi connectivity index (χ4n) is 4.01. The second-order valence-electron chi connectivity index (χ2n) is 6.73. The lowest BCUT2D eigenvalue weighted by Crippen LogP contribution is -2.45. The summed E-state index contributed by atoms with van der Waals surface area (Å²) < 4.78 is 19.7. The Morgan fingerprint density at radius 3 is 2.90 bits per heavy atom. The summed E-state index contributed by atoms with van der Waals surface area (Å²) in [5.74, 6) is 0.395. The molecule has 0 bridgehead atoms. The number of fused-ring (bicyclic) bond motifs is 1. The molecule has 0 radical (unpaired) electrons. The normalized spacial score (nSPS) is 37.0. The molecule has 2 N–H and O–H groups in total. The summed E-state index contributed by atoms with van der Waals surface area (Å²) in [6.45, 7) is 3.20. The maximum absolute atomic E-state index is 13.5. The van der Waals surface area contributed by atoms with Crippen LogP contribution in [-0.4, -0.2) is 29.1 Å². The number of rotatable bonds is 1. The van der Waals surface area contributed by atoms with Gasteiger partial charge in [-0.15, -0.1) is 0 Å². The Labute approximate surface area is 118 Å². The van der Waals surface area contributed by atoms with Gasteiger partial charge < -0.3 is 10.5 Å². The van der Waals surface area contributed by atoms with E-state index in [0.29, 0.717) is 11.8 Å². The molecule has 1 saturated heterocycles. The molecule has 1 saturated carbocycles. The highest BCUT2D eigenvalue weighted by molar-refractivity contribution is 5.39. The zero-order valence-electron chi connectivity index (χ0n) is 11.8. The van der Waals surface area contributed by atoms with Crippen LogP contribution >= 0.6 is 0 Å². The third-order valence-corrected chi connectivity index (χ3v) is 5.01. The lowest BCUT2D eigenvalue weighted by Gasteiger charge is -2.38. The molecule has 2 aliphatic heterocycles. The first-order valence-corrected chi connectivity index (χ1v) is 7.56. The number of benzene rings is 1. The Morgan fingerprint density at radius 2 is 2.15 bits per heavy atom. The zero-order chi connectivity index (χ0) is 13.9. The van der Waals surface area contributed by atoms with Crippen molar-refractivity contribution in [2.75, 3.05) is 6.54 Å². The largest absolute Gasteiger partial charge is 0.485 e.